The van der Waals surface area contributed by atoms with Crippen LogP contribution < -0.4 is 20.1 Å². The van der Waals surface area contributed by atoms with Crippen LogP contribution in [0.2, 0.25) is 0 Å². The SMILES string of the molecule is CCOc1ccc(NC(=NC)NCc2cccc(Br)c2)cc1OC. The zero-order valence-electron chi connectivity index (χ0n) is 14.1. The molecule has 24 heavy (non-hydrogen) atoms. The lowest BCUT2D eigenvalue weighted by Gasteiger charge is -2.14. The van der Waals surface area contributed by atoms with Crippen LogP contribution in [0.1, 0.15) is 12.5 Å². The topological polar surface area (TPSA) is 54.9 Å². The standard InChI is InChI=1S/C18H22BrN3O2/c1-4-24-16-9-8-15(11-17(16)23-3)22-18(20-2)21-12-13-6-5-7-14(19)10-13/h5-11H,4,12H2,1-3H3,(H2,20,21,22). The van der Waals surface area contributed by atoms with Crippen molar-refractivity contribution < 1.29 is 9.47 Å². The fourth-order valence-corrected chi connectivity index (χ4v) is 2.62. The number of nitrogens with one attached hydrogen (secondary N) is 2. The van der Waals surface area contributed by atoms with E-state index in [9.17, 15) is 0 Å². The van der Waals surface area contributed by atoms with E-state index in [1.165, 1.54) is 0 Å². The Balaban J connectivity index is 2.02. The molecule has 5 nitrogen and oxygen atoms in total. The van der Waals surface area contributed by atoms with Gasteiger partial charge in [0.25, 0.3) is 0 Å². The number of hydrogen-bond acceptors (Lipinski definition) is 3. The Morgan fingerprint density at radius 2 is 2.00 bits per heavy atom. The van der Waals surface area contributed by atoms with E-state index in [-0.39, 0.29) is 0 Å². The van der Waals surface area contributed by atoms with Gasteiger partial charge in [-0.05, 0) is 36.8 Å². The second kappa shape index (κ2) is 9.17. The Hall–Kier alpha value is -2.21. The maximum absolute atomic E-state index is 5.53. The number of halogens is 1. The number of rotatable bonds is 6. The molecule has 0 bridgehead atoms. The van der Waals surface area contributed by atoms with Crippen LogP contribution in [0.25, 0.3) is 0 Å². The van der Waals surface area contributed by atoms with Crippen LogP contribution in [0.15, 0.2) is 51.9 Å². The maximum Gasteiger partial charge on any atom is 0.195 e. The van der Waals surface area contributed by atoms with Crippen molar-refractivity contribution in [3.05, 3.63) is 52.5 Å². The molecule has 2 aromatic rings. The van der Waals surface area contributed by atoms with E-state index in [0.717, 1.165) is 21.5 Å². The monoisotopic (exact) mass is 391 g/mol. The van der Waals surface area contributed by atoms with Gasteiger partial charge in [0.1, 0.15) is 0 Å². The quantitative estimate of drug-likeness (QED) is 0.576. The molecule has 0 aromatic heterocycles. The van der Waals surface area contributed by atoms with E-state index >= 15 is 0 Å². The molecule has 0 spiro atoms. The van der Waals surface area contributed by atoms with Gasteiger partial charge in [0.05, 0.1) is 13.7 Å². The van der Waals surface area contributed by atoms with Crippen molar-refractivity contribution in [2.45, 2.75) is 13.5 Å². The molecule has 6 heteroatoms. The van der Waals surface area contributed by atoms with Crippen molar-refractivity contribution in [2.24, 2.45) is 4.99 Å². The fourth-order valence-electron chi connectivity index (χ4n) is 2.17. The van der Waals surface area contributed by atoms with Crippen molar-refractivity contribution in [3.8, 4) is 11.5 Å². The van der Waals surface area contributed by atoms with Gasteiger partial charge >= 0.3 is 0 Å². The smallest absolute Gasteiger partial charge is 0.195 e. The fraction of sp³-hybridized carbons (Fsp3) is 0.278. The summed E-state index contributed by atoms with van der Waals surface area (Å²) in [5, 5.41) is 6.53. The average Bonchev–Trinajstić information content (AvgIpc) is 2.60. The largest absolute Gasteiger partial charge is 0.493 e. The number of anilines is 1. The van der Waals surface area contributed by atoms with Crippen LogP contribution in [0.4, 0.5) is 5.69 Å². The lowest BCUT2D eigenvalue weighted by Crippen LogP contribution is -2.30. The van der Waals surface area contributed by atoms with Gasteiger partial charge in [-0.2, -0.15) is 0 Å². The van der Waals surface area contributed by atoms with E-state index in [0.29, 0.717) is 24.9 Å². The lowest BCUT2D eigenvalue weighted by atomic mass is 10.2. The molecule has 0 atom stereocenters. The van der Waals surface area contributed by atoms with Crippen LogP contribution in [0.5, 0.6) is 11.5 Å². The van der Waals surface area contributed by atoms with Crippen LogP contribution in [0, 0.1) is 0 Å². The van der Waals surface area contributed by atoms with E-state index in [1.54, 1.807) is 14.2 Å². The highest BCUT2D eigenvalue weighted by Gasteiger charge is 2.07. The first-order valence-corrected chi connectivity index (χ1v) is 8.48. The summed E-state index contributed by atoms with van der Waals surface area (Å²) < 4.78 is 11.9. The number of methoxy groups -OCH3 is 1. The summed E-state index contributed by atoms with van der Waals surface area (Å²) in [6.45, 7) is 3.21. The zero-order valence-corrected chi connectivity index (χ0v) is 15.7. The van der Waals surface area contributed by atoms with Crippen LogP contribution in [0.3, 0.4) is 0 Å². The molecule has 2 N–H and O–H groups in total. The van der Waals surface area contributed by atoms with Crippen LogP contribution >= 0.6 is 15.9 Å². The molecule has 128 valence electrons. The summed E-state index contributed by atoms with van der Waals surface area (Å²) in [4.78, 5) is 4.25. The lowest BCUT2D eigenvalue weighted by molar-refractivity contribution is 0.311. The maximum atomic E-state index is 5.53. The third-order valence-corrected chi connectivity index (χ3v) is 3.79. The highest BCUT2D eigenvalue weighted by molar-refractivity contribution is 9.10. The van der Waals surface area contributed by atoms with Crippen molar-refractivity contribution in [1.29, 1.82) is 0 Å². The average molecular weight is 392 g/mol. The number of ether oxygens (including phenoxy) is 2. The normalized spacial score (nSPS) is 11.1. The first kappa shape index (κ1) is 18.1. The minimum absolute atomic E-state index is 0.596. The summed E-state index contributed by atoms with van der Waals surface area (Å²) in [5.41, 5.74) is 2.04. The van der Waals surface area contributed by atoms with Gasteiger partial charge in [-0.25, -0.2) is 0 Å². The Bertz CT molecular complexity index is 704. The molecule has 0 saturated carbocycles. The van der Waals surface area contributed by atoms with Crippen molar-refractivity contribution >= 4 is 27.6 Å². The van der Waals surface area contributed by atoms with Gasteiger partial charge in [-0.1, -0.05) is 28.1 Å². The zero-order chi connectivity index (χ0) is 17.4. The number of aliphatic imine (C=N–C) groups is 1. The van der Waals surface area contributed by atoms with E-state index in [4.69, 9.17) is 9.47 Å². The molecular formula is C18H22BrN3O2. The predicted molar refractivity (Wildman–Crippen MR) is 102 cm³/mol. The molecule has 0 heterocycles. The third kappa shape index (κ3) is 5.16. The van der Waals surface area contributed by atoms with Gasteiger partial charge < -0.3 is 20.1 Å². The van der Waals surface area contributed by atoms with Gasteiger partial charge in [-0.3, -0.25) is 4.99 Å². The van der Waals surface area contributed by atoms with Gasteiger partial charge in [-0.15, -0.1) is 0 Å². The summed E-state index contributed by atoms with van der Waals surface area (Å²) in [6, 6.07) is 13.8. The molecule has 2 aromatic carbocycles. The van der Waals surface area contributed by atoms with E-state index in [1.807, 2.05) is 37.3 Å². The van der Waals surface area contributed by atoms with Crippen LogP contribution in [-0.4, -0.2) is 26.7 Å². The predicted octanol–water partition coefficient (Wildman–Crippen LogP) is 4.04. The number of nitrogens with zero attached hydrogens (tertiary/aromatic N) is 1. The molecule has 0 radical (unpaired) electrons. The second-order valence-electron chi connectivity index (χ2n) is 4.98. The summed E-state index contributed by atoms with van der Waals surface area (Å²) in [5.74, 6) is 2.09. The molecule has 0 fully saturated rings. The number of guanidine groups is 1. The minimum atomic E-state index is 0.596. The van der Waals surface area contributed by atoms with Crippen LogP contribution in [-0.2, 0) is 6.54 Å². The first-order chi connectivity index (χ1) is 11.7. The van der Waals surface area contributed by atoms with Gasteiger partial charge in [0.2, 0.25) is 0 Å². The summed E-state index contributed by atoms with van der Waals surface area (Å²) >= 11 is 3.48. The summed E-state index contributed by atoms with van der Waals surface area (Å²) in [7, 11) is 3.37. The number of benzene rings is 2. The third-order valence-electron chi connectivity index (χ3n) is 3.30. The van der Waals surface area contributed by atoms with Crippen molar-refractivity contribution in [3.63, 3.8) is 0 Å². The Morgan fingerprint density at radius 1 is 1.17 bits per heavy atom. The molecule has 0 aliphatic carbocycles. The number of hydrogen-bond donors (Lipinski definition) is 2. The van der Waals surface area contributed by atoms with E-state index < -0.39 is 0 Å². The molecule has 0 amide bonds. The molecule has 0 saturated heterocycles. The highest BCUT2D eigenvalue weighted by Crippen LogP contribution is 2.30. The summed E-state index contributed by atoms with van der Waals surface area (Å²) in [6.07, 6.45) is 0. The minimum Gasteiger partial charge on any atom is -0.493 e. The molecule has 0 aliphatic heterocycles. The Labute approximate surface area is 151 Å². The Morgan fingerprint density at radius 3 is 2.67 bits per heavy atom. The second-order valence-corrected chi connectivity index (χ2v) is 5.90. The highest BCUT2D eigenvalue weighted by atomic mass is 79.9. The van der Waals surface area contributed by atoms with Gasteiger partial charge in [0, 0.05) is 29.8 Å². The first-order valence-electron chi connectivity index (χ1n) is 7.69. The van der Waals surface area contributed by atoms with Crippen molar-refractivity contribution in [1.82, 2.24) is 5.32 Å². The van der Waals surface area contributed by atoms with Crippen molar-refractivity contribution in [2.75, 3.05) is 26.1 Å². The van der Waals surface area contributed by atoms with E-state index in [2.05, 4.69) is 43.7 Å². The molecular weight excluding hydrogens is 370 g/mol. The Kier molecular flexibility index (Phi) is 6.93. The molecule has 0 aliphatic rings. The molecule has 2 rings (SSSR count). The van der Waals surface area contributed by atoms with Gasteiger partial charge in [0.15, 0.2) is 17.5 Å². The molecule has 0 unspecified atom stereocenters.